The molecule has 3 rings (SSSR count). The van der Waals surface area contributed by atoms with Gasteiger partial charge in [0.05, 0.1) is 0 Å². The quantitative estimate of drug-likeness (QED) is 0.850. The maximum Gasteiger partial charge on any atom is 0.103 e. The van der Waals surface area contributed by atoms with Gasteiger partial charge < -0.3 is 10.6 Å². The average molecular weight is 282 g/mol. The standard InChI is InChI=1S/C17H18N2S/c1-12-6-7-13-4-2-3-5-16(13)19(12)15-10-8-14(9-11-15)17(18)20/h2-5,8-12H,6-7H2,1H3,(H2,18,20). The highest BCUT2D eigenvalue weighted by molar-refractivity contribution is 7.80. The van der Waals surface area contributed by atoms with Gasteiger partial charge in [0.2, 0.25) is 0 Å². The molecular weight excluding hydrogens is 264 g/mol. The molecule has 0 aromatic heterocycles. The minimum Gasteiger partial charge on any atom is -0.389 e. The third kappa shape index (κ3) is 2.29. The van der Waals surface area contributed by atoms with Gasteiger partial charge in [0, 0.05) is 23.0 Å². The molecule has 0 spiro atoms. The number of thiocarbonyl (C=S) groups is 1. The van der Waals surface area contributed by atoms with Crippen molar-refractivity contribution in [1.82, 2.24) is 0 Å². The summed E-state index contributed by atoms with van der Waals surface area (Å²) in [5.41, 5.74) is 10.5. The van der Waals surface area contributed by atoms with Gasteiger partial charge >= 0.3 is 0 Å². The number of nitrogens with two attached hydrogens (primary N) is 1. The number of aryl methyl sites for hydroxylation is 1. The molecular formula is C17H18N2S. The maximum absolute atomic E-state index is 5.66. The minimum atomic E-state index is 0.448. The third-order valence-corrected chi connectivity index (χ3v) is 4.19. The first-order chi connectivity index (χ1) is 9.66. The van der Waals surface area contributed by atoms with Gasteiger partial charge in [-0.3, -0.25) is 0 Å². The van der Waals surface area contributed by atoms with Crippen molar-refractivity contribution in [2.45, 2.75) is 25.8 Å². The van der Waals surface area contributed by atoms with Crippen LogP contribution in [0.25, 0.3) is 0 Å². The van der Waals surface area contributed by atoms with Crippen LogP contribution in [0.15, 0.2) is 48.5 Å². The minimum absolute atomic E-state index is 0.448. The van der Waals surface area contributed by atoms with Crippen LogP contribution in [-0.4, -0.2) is 11.0 Å². The number of hydrogen-bond donors (Lipinski definition) is 1. The Balaban J connectivity index is 2.02. The number of para-hydroxylation sites is 1. The summed E-state index contributed by atoms with van der Waals surface area (Å²) in [6.07, 6.45) is 2.33. The molecule has 0 saturated heterocycles. The molecule has 1 heterocycles. The molecule has 2 nitrogen and oxygen atoms in total. The van der Waals surface area contributed by atoms with Crippen molar-refractivity contribution in [3.63, 3.8) is 0 Å². The Kier molecular flexibility index (Phi) is 3.45. The average Bonchev–Trinajstić information content (AvgIpc) is 2.47. The number of benzene rings is 2. The molecule has 2 aromatic carbocycles. The molecule has 0 bridgehead atoms. The summed E-state index contributed by atoms with van der Waals surface area (Å²) in [6, 6.07) is 17.4. The van der Waals surface area contributed by atoms with E-state index in [4.69, 9.17) is 18.0 Å². The molecule has 0 saturated carbocycles. The van der Waals surface area contributed by atoms with Gasteiger partial charge in [-0.2, -0.15) is 0 Å². The molecule has 1 unspecified atom stereocenters. The fourth-order valence-corrected chi connectivity index (χ4v) is 3.00. The molecule has 3 heteroatoms. The predicted molar refractivity (Wildman–Crippen MR) is 88.7 cm³/mol. The lowest BCUT2D eigenvalue weighted by molar-refractivity contribution is 0.618. The second kappa shape index (κ2) is 5.25. The molecule has 1 aliphatic heterocycles. The first kappa shape index (κ1) is 13.1. The van der Waals surface area contributed by atoms with Crippen molar-refractivity contribution in [3.05, 3.63) is 59.7 Å². The Bertz CT molecular complexity index is 634. The van der Waals surface area contributed by atoms with E-state index in [2.05, 4.69) is 48.2 Å². The third-order valence-electron chi connectivity index (χ3n) is 3.95. The van der Waals surface area contributed by atoms with E-state index >= 15 is 0 Å². The van der Waals surface area contributed by atoms with Crippen LogP contribution < -0.4 is 10.6 Å². The highest BCUT2D eigenvalue weighted by Crippen LogP contribution is 2.36. The van der Waals surface area contributed by atoms with Crippen molar-refractivity contribution in [2.75, 3.05) is 4.90 Å². The monoisotopic (exact) mass is 282 g/mol. The van der Waals surface area contributed by atoms with E-state index < -0.39 is 0 Å². The smallest absolute Gasteiger partial charge is 0.103 e. The van der Waals surface area contributed by atoms with Gasteiger partial charge in [0.15, 0.2) is 0 Å². The van der Waals surface area contributed by atoms with Crippen molar-refractivity contribution in [2.24, 2.45) is 5.73 Å². The van der Waals surface area contributed by atoms with Gasteiger partial charge in [-0.1, -0.05) is 30.4 Å². The van der Waals surface area contributed by atoms with E-state index in [1.165, 1.54) is 23.4 Å². The van der Waals surface area contributed by atoms with Crippen molar-refractivity contribution in [3.8, 4) is 0 Å². The molecule has 0 aliphatic carbocycles. The van der Waals surface area contributed by atoms with E-state index in [1.807, 2.05) is 12.1 Å². The Morgan fingerprint density at radius 1 is 1.15 bits per heavy atom. The number of fused-ring (bicyclic) bond motifs is 1. The topological polar surface area (TPSA) is 29.3 Å². The summed E-state index contributed by atoms with van der Waals surface area (Å²) in [7, 11) is 0. The van der Waals surface area contributed by atoms with Crippen molar-refractivity contribution < 1.29 is 0 Å². The Hall–Kier alpha value is -1.87. The van der Waals surface area contributed by atoms with Crippen molar-refractivity contribution >= 4 is 28.6 Å². The fourth-order valence-electron chi connectivity index (χ4n) is 2.87. The summed E-state index contributed by atoms with van der Waals surface area (Å²) in [4.78, 5) is 2.85. The van der Waals surface area contributed by atoms with Gasteiger partial charge in [-0.25, -0.2) is 0 Å². The summed E-state index contributed by atoms with van der Waals surface area (Å²) < 4.78 is 0. The Morgan fingerprint density at radius 3 is 2.55 bits per heavy atom. The zero-order valence-electron chi connectivity index (χ0n) is 11.5. The van der Waals surface area contributed by atoms with Gasteiger partial charge in [0.1, 0.15) is 4.99 Å². The van der Waals surface area contributed by atoms with Crippen LogP contribution in [0.1, 0.15) is 24.5 Å². The molecule has 0 radical (unpaired) electrons. The molecule has 0 fully saturated rings. The van der Waals surface area contributed by atoms with Gasteiger partial charge in [-0.05, 0) is 55.7 Å². The van der Waals surface area contributed by atoms with E-state index in [1.54, 1.807) is 0 Å². The van der Waals surface area contributed by atoms with Crippen LogP contribution >= 0.6 is 12.2 Å². The van der Waals surface area contributed by atoms with Gasteiger partial charge in [0.25, 0.3) is 0 Å². The summed E-state index contributed by atoms with van der Waals surface area (Å²) in [6.45, 7) is 2.28. The lowest BCUT2D eigenvalue weighted by Gasteiger charge is -2.37. The second-order valence-electron chi connectivity index (χ2n) is 5.30. The van der Waals surface area contributed by atoms with Crippen LogP contribution in [0.2, 0.25) is 0 Å². The highest BCUT2D eigenvalue weighted by Gasteiger charge is 2.23. The normalized spacial score (nSPS) is 17.6. The second-order valence-corrected chi connectivity index (χ2v) is 5.74. The van der Waals surface area contributed by atoms with Crippen molar-refractivity contribution in [1.29, 1.82) is 0 Å². The van der Waals surface area contributed by atoms with Crippen LogP contribution in [0.5, 0.6) is 0 Å². The van der Waals surface area contributed by atoms with Crippen LogP contribution in [0, 0.1) is 0 Å². The number of anilines is 2. The number of rotatable bonds is 2. The largest absolute Gasteiger partial charge is 0.389 e. The van der Waals surface area contributed by atoms with Gasteiger partial charge in [-0.15, -0.1) is 0 Å². The van der Waals surface area contributed by atoms with Crippen LogP contribution in [0.4, 0.5) is 11.4 Å². The number of hydrogen-bond acceptors (Lipinski definition) is 2. The first-order valence-electron chi connectivity index (χ1n) is 6.94. The Morgan fingerprint density at radius 2 is 1.85 bits per heavy atom. The SMILES string of the molecule is CC1CCc2ccccc2N1c1ccc(C(N)=S)cc1. The molecule has 2 N–H and O–H groups in total. The number of nitrogens with zero attached hydrogens (tertiary/aromatic N) is 1. The molecule has 102 valence electrons. The van der Waals surface area contributed by atoms with Crippen LogP contribution in [0.3, 0.4) is 0 Å². The zero-order chi connectivity index (χ0) is 14.1. The van der Waals surface area contributed by atoms with E-state index in [-0.39, 0.29) is 0 Å². The highest BCUT2D eigenvalue weighted by atomic mass is 32.1. The predicted octanol–water partition coefficient (Wildman–Crippen LogP) is 3.79. The molecule has 0 amide bonds. The molecule has 1 atom stereocenters. The lowest BCUT2D eigenvalue weighted by atomic mass is 9.96. The fraction of sp³-hybridized carbons (Fsp3) is 0.235. The van der Waals surface area contributed by atoms with E-state index in [0.717, 1.165) is 12.0 Å². The Labute approximate surface area is 125 Å². The molecule has 2 aromatic rings. The summed E-state index contributed by atoms with van der Waals surface area (Å²) in [5.74, 6) is 0. The van der Waals surface area contributed by atoms with Crippen LogP contribution in [-0.2, 0) is 6.42 Å². The first-order valence-corrected chi connectivity index (χ1v) is 7.34. The molecule has 20 heavy (non-hydrogen) atoms. The zero-order valence-corrected chi connectivity index (χ0v) is 12.4. The maximum atomic E-state index is 5.66. The summed E-state index contributed by atoms with van der Waals surface area (Å²) in [5, 5.41) is 0. The summed E-state index contributed by atoms with van der Waals surface area (Å²) >= 11 is 5.01. The van der Waals surface area contributed by atoms with E-state index in [0.29, 0.717) is 11.0 Å². The lowest BCUT2D eigenvalue weighted by Crippen LogP contribution is -2.33. The van der Waals surface area contributed by atoms with E-state index in [9.17, 15) is 0 Å². The molecule has 1 aliphatic rings.